The van der Waals surface area contributed by atoms with E-state index in [0.29, 0.717) is 0 Å². The fourth-order valence-corrected chi connectivity index (χ4v) is 1.40. The molecule has 0 aromatic heterocycles. The van der Waals surface area contributed by atoms with Crippen LogP contribution < -0.4 is 22.1 Å². The number of primary amides is 1. The number of nitrogens with two attached hydrogens (primary N) is 2. The lowest BCUT2D eigenvalue weighted by molar-refractivity contribution is -0.144. The summed E-state index contributed by atoms with van der Waals surface area (Å²) in [5, 5.41) is 22.0. The van der Waals surface area contributed by atoms with Crippen LogP contribution >= 0.6 is 12.6 Å². The first kappa shape index (κ1) is 19.1. The highest BCUT2D eigenvalue weighted by Gasteiger charge is 2.28. The number of aliphatic carboxylic acids is 1. The maximum absolute atomic E-state index is 11.8. The van der Waals surface area contributed by atoms with E-state index in [1.165, 1.54) is 0 Å². The molecule has 0 bridgehead atoms. The molecule has 11 heteroatoms. The van der Waals surface area contributed by atoms with Crippen molar-refractivity contribution in [1.82, 2.24) is 10.6 Å². The van der Waals surface area contributed by atoms with E-state index in [0.717, 1.165) is 0 Å². The van der Waals surface area contributed by atoms with Crippen molar-refractivity contribution in [3.8, 4) is 0 Å². The largest absolute Gasteiger partial charge is 0.480 e. The maximum Gasteiger partial charge on any atom is 0.326 e. The number of rotatable bonds is 9. The average molecular weight is 322 g/mol. The van der Waals surface area contributed by atoms with Gasteiger partial charge in [-0.3, -0.25) is 14.4 Å². The Morgan fingerprint density at radius 3 is 2.00 bits per heavy atom. The highest BCUT2D eigenvalue weighted by molar-refractivity contribution is 7.80. The minimum absolute atomic E-state index is 0.0189. The van der Waals surface area contributed by atoms with Crippen LogP contribution in [0.5, 0.6) is 0 Å². The van der Waals surface area contributed by atoms with E-state index >= 15 is 0 Å². The van der Waals surface area contributed by atoms with Gasteiger partial charge in [0, 0.05) is 5.75 Å². The zero-order valence-electron chi connectivity index (χ0n) is 11.0. The molecule has 120 valence electrons. The number of aliphatic hydroxyl groups excluding tert-OH is 1. The normalized spacial score (nSPS) is 14.6. The number of aliphatic hydroxyl groups is 1. The number of hydrogen-bond acceptors (Lipinski definition) is 7. The van der Waals surface area contributed by atoms with Crippen LogP contribution in [0, 0.1) is 0 Å². The zero-order chi connectivity index (χ0) is 16.6. The van der Waals surface area contributed by atoms with Crippen molar-refractivity contribution in [2.75, 3.05) is 12.4 Å². The molecule has 0 spiro atoms. The molecule has 0 aromatic rings. The Balaban J connectivity index is 4.73. The van der Waals surface area contributed by atoms with Crippen LogP contribution in [0.2, 0.25) is 0 Å². The summed E-state index contributed by atoms with van der Waals surface area (Å²) in [6.07, 6.45) is -0.622. The molecule has 0 radical (unpaired) electrons. The Labute approximate surface area is 125 Å². The summed E-state index contributed by atoms with van der Waals surface area (Å²) in [7, 11) is 0. The predicted molar refractivity (Wildman–Crippen MR) is 74.2 cm³/mol. The van der Waals surface area contributed by atoms with Gasteiger partial charge in [-0.15, -0.1) is 0 Å². The van der Waals surface area contributed by atoms with Crippen LogP contribution in [0.25, 0.3) is 0 Å². The Hall–Kier alpha value is -1.85. The topological polar surface area (TPSA) is 185 Å². The molecule has 0 saturated carbocycles. The summed E-state index contributed by atoms with van der Waals surface area (Å²) < 4.78 is 0. The van der Waals surface area contributed by atoms with Gasteiger partial charge in [0.2, 0.25) is 17.7 Å². The maximum atomic E-state index is 11.8. The second kappa shape index (κ2) is 9.15. The first-order chi connectivity index (χ1) is 9.72. The summed E-state index contributed by atoms with van der Waals surface area (Å²) in [5.41, 5.74) is 10.2. The third-order valence-corrected chi connectivity index (χ3v) is 2.76. The van der Waals surface area contributed by atoms with Crippen LogP contribution in [-0.4, -0.2) is 64.4 Å². The summed E-state index contributed by atoms with van der Waals surface area (Å²) >= 11 is 3.80. The minimum atomic E-state index is -1.56. The first-order valence-corrected chi connectivity index (χ1v) is 6.45. The molecule has 3 atom stereocenters. The van der Waals surface area contributed by atoms with Crippen molar-refractivity contribution in [2.24, 2.45) is 11.5 Å². The van der Waals surface area contributed by atoms with Gasteiger partial charge in [-0.2, -0.15) is 12.6 Å². The highest BCUT2D eigenvalue weighted by atomic mass is 32.1. The summed E-state index contributed by atoms with van der Waals surface area (Å²) in [5.74, 6) is -4.10. The van der Waals surface area contributed by atoms with Crippen LogP contribution in [0.4, 0.5) is 0 Å². The average Bonchev–Trinajstić information content (AvgIpc) is 2.41. The molecule has 0 aliphatic carbocycles. The molecule has 3 unspecified atom stereocenters. The molecule has 10 nitrogen and oxygen atoms in total. The zero-order valence-corrected chi connectivity index (χ0v) is 11.9. The third-order valence-electron chi connectivity index (χ3n) is 2.37. The molecule has 0 fully saturated rings. The number of thiol groups is 1. The lowest BCUT2D eigenvalue weighted by Gasteiger charge is -2.20. The van der Waals surface area contributed by atoms with Crippen LogP contribution in [0.15, 0.2) is 0 Å². The second-order valence-electron chi connectivity index (χ2n) is 4.10. The van der Waals surface area contributed by atoms with Crippen molar-refractivity contribution in [2.45, 2.75) is 24.5 Å². The van der Waals surface area contributed by atoms with Crippen molar-refractivity contribution >= 4 is 36.3 Å². The number of hydrogen-bond donors (Lipinski definition) is 7. The second-order valence-corrected chi connectivity index (χ2v) is 4.47. The lowest BCUT2D eigenvalue weighted by Crippen LogP contribution is -2.56. The molecule has 0 heterocycles. The minimum Gasteiger partial charge on any atom is -0.480 e. The molecule has 21 heavy (non-hydrogen) atoms. The lowest BCUT2D eigenvalue weighted by atomic mass is 10.1. The Kier molecular flexibility index (Phi) is 8.35. The monoisotopic (exact) mass is 322 g/mol. The number of amides is 3. The van der Waals surface area contributed by atoms with Crippen LogP contribution in [0.3, 0.4) is 0 Å². The standard InChI is InChI=1S/C10H18N4O6S/c11-4(3-21)8(17)14-6(2-15)9(18)13-5(10(19)20)1-7(12)16/h4-6,15,21H,1-3,11H2,(H2,12,16)(H,13,18)(H,14,17)(H,19,20). The highest BCUT2D eigenvalue weighted by Crippen LogP contribution is 1.95. The summed E-state index contributed by atoms with van der Waals surface area (Å²) in [6, 6.07) is -3.95. The Bertz CT molecular complexity index is 418. The van der Waals surface area contributed by atoms with Gasteiger partial charge in [0.25, 0.3) is 0 Å². The van der Waals surface area contributed by atoms with Gasteiger partial charge in [0.15, 0.2) is 0 Å². The summed E-state index contributed by atoms with van der Waals surface area (Å²) in [6.45, 7) is -0.778. The van der Waals surface area contributed by atoms with Gasteiger partial charge in [-0.25, -0.2) is 4.79 Å². The van der Waals surface area contributed by atoms with E-state index in [2.05, 4.69) is 17.9 Å². The van der Waals surface area contributed by atoms with E-state index in [4.69, 9.17) is 21.7 Å². The van der Waals surface area contributed by atoms with Gasteiger partial charge < -0.3 is 32.3 Å². The van der Waals surface area contributed by atoms with E-state index in [1.807, 2.05) is 5.32 Å². The number of carboxylic acids is 1. The van der Waals surface area contributed by atoms with Gasteiger partial charge in [-0.1, -0.05) is 0 Å². The SMILES string of the molecule is NC(=O)CC(NC(=O)C(CO)NC(=O)C(N)CS)C(=O)O. The molecular weight excluding hydrogens is 304 g/mol. The summed E-state index contributed by atoms with van der Waals surface area (Å²) in [4.78, 5) is 44.8. The van der Waals surface area contributed by atoms with Gasteiger partial charge >= 0.3 is 5.97 Å². The molecule has 3 amide bonds. The number of carbonyl (C=O) groups excluding carboxylic acids is 3. The van der Waals surface area contributed by atoms with Crippen LogP contribution in [0.1, 0.15) is 6.42 Å². The van der Waals surface area contributed by atoms with Crippen molar-refractivity contribution in [1.29, 1.82) is 0 Å². The van der Waals surface area contributed by atoms with Gasteiger partial charge in [-0.05, 0) is 0 Å². The van der Waals surface area contributed by atoms with E-state index in [-0.39, 0.29) is 5.75 Å². The number of nitrogens with one attached hydrogen (secondary N) is 2. The van der Waals surface area contributed by atoms with E-state index in [9.17, 15) is 19.2 Å². The Morgan fingerprint density at radius 2 is 1.62 bits per heavy atom. The van der Waals surface area contributed by atoms with Gasteiger partial charge in [0.1, 0.15) is 12.1 Å². The van der Waals surface area contributed by atoms with Crippen LogP contribution in [-0.2, 0) is 19.2 Å². The fraction of sp³-hybridized carbons (Fsp3) is 0.600. The van der Waals surface area contributed by atoms with E-state index in [1.54, 1.807) is 0 Å². The Morgan fingerprint density at radius 1 is 1.10 bits per heavy atom. The molecule has 0 aliphatic rings. The molecule has 0 aromatic carbocycles. The molecule has 0 saturated heterocycles. The fourth-order valence-electron chi connectivity index (χ4n) is 1.23. The number of carboxylic acid groups (broad SMARTS) is 1. The predicted octanol–water partition coefficient (Wildman–Crippen LogP) is -3.83. The van der Waals surface area contributed by atoms with Crippen molar-refractivity contribution in [3.63, 3.8) is 0 Å². The van der Waals surface area contributed by atoms with Gasteiger partial charge in [0.05, 0.1) is 19.1 Å². The van der Waals surface area contributed by atoms with Crippen molar-refractivity contribution in [3.05, 3.63) is 0 Å². The molecule has 0 aliphatic heterocycles. The third kappa shape index (κ3) is 6.92. The van der Waals surface area contributed by atoms with E-state index < -0.39 is 54.8 Å². The van der Waals surface area contributed by atoms with Crippen molar-refractivity contribution < 1.29 is 29.4 Å². The molecule has 8 N–H and O–H groups in total. The first-order valence-electron chi connectivity index (χ1n) is 5.82. The number of carbonyl (C=O) groups is 4. The quantitative estimate of drug-likeness (QED) is 0.212. The smallest absolute Gasteiger partial charge is 0.326 e. The molecular formula is C10H18N4O6S. The molecule has 0 rings (SSSR count).